The highest BCUT2D eigenvalue weighted by atomic mass is 16.5. The molecule has 0 aliphatic rings. The molecule has 0 aromatic carbocycles. The molecule has 0 amide bonds. The van der Waals surface area contributed by atoms with Crippen LogP contribution in [-0.2, 0) is 14.3 Å². The van der Waals surface area contributed by atoms with Gasteiger partial charge in [-0.15, -0.1) is 0 Å². The third-order valence-electron chi connectivity index (χ3n) is 1.21. The van der Waals surface area contributed by atoms with Crippen LogP contribution in [0.3, 0.4) is 0 Å². The second-order valence-electron chi connectivity index (χ2n) is 2.17. The fourth-order valence-electron chi connectivity index (χ4n) is 0.691. The Morgan fingerprint density at radius 1 is 1.70 bits per heavy atom. The molecule has 0 saturated carbocycles. The molecule has 0 aromatic heterocycles. The van der Waals surface area contributed by atoms with Crippen molar-refractivity contribution < 1.29 is 14.3 Å². The summed E-state index contributed by atoms with van der Waals surface area (Å²) in [5.74, 6) is 0.0497. The SMILES string of the molecule is CO[C@@H](CC=O)CC(C)=O. The van der Waals surface area contributed by atoms with Crippen molar-refractivity contribution in [3.05, 3.63) is 0 Å². The average molecular weight is 144 g/mol. The zero-order valence-electron chi connectivity index (χ0n) is 6.29. The number of carbonyl (C=O) groups is 2. The third kappa shape index (κ3) is 4.21. The third-order valence-corrected chi connectivity index (χ3v) is 1.21. The molecule has 0 saturated heterocycles. The second kappa shape index (κ2) is 5.11. The van der Waals surface area contributed by atoms with Crippen molar-refractivity contribution in [3.8, 4) is 0 Å². The number of hydrogen-bond acceptors (Lipinski definition) is 3. The summed E-state index contributed by atoms with van der Waals surface area (Å²) in [6, 6.07) is 0. The van der Waals surface area contributed by atoms with Gasteiger partial charge in [0.2, 0.25) is 0 Å². The van der Waals surface area contributed by atoms with E-state index in [-0.39, 0.29) is 11.9 Å². The Balaban J connectivity index is 3.59. The maximum absolute atomic E-state index is 10.5. The van der Waals surface area contributed by atoms with Gasteiger partial charge in [-0.3, -0.25) is 4.79 Å². The number of ether oxygens (including phenoxy) is 1. The lowest BCUT2D eigenvalue weighted by molar-refractivity contribution is -0.120. The molecule has 0 fully saturated rings. The van der Waals surface area contributed by atoms with Crippen molar-refractivity contribution >= 4 is 12.1 Å². The lowest BCUT2D eigenvalue weighted by atomic mass is 10.1. The number of rotatable bonds is 5. The molecule has 0 aliphatic carbocycles. The van der Waals surface area contributed by atoms with Gasteiger partial charge in [-0.2, -0.15) is 0 Å². The molecule has 0 aliphatic heterocycles. The number of hydrogen-bond donors (Lipinski definition) is 0. The molecule has 0 N–H and O–H groups in total. The Morgan fingerprint density at radius 3 is 2.60 bits per heavy atom. The molecule has 1 atom stereocenters. The van der Waals surface area contributed by atoms with Crippen LogP contribution in [0.25, 0.3) is 0 Å². The van der Waals surface area contributed by atoms with E-state index in [1.54, 1.807) is 0 Å². The van der Waals surface area contributed by atoms with E-state index in [2.05, 4.69) is 0 Å². The van der Waals surface area contributed by atoms with Gasteiger partial charge >= 0.3 is 0 Å². The molecule has 3 nitrogen and oxygen atoms in total. The molecule has 0 unspecified atom stereocenters. The Labute approximate surface area is 60.4 Å². The van der Waals surface area contributed by atoms with Crippen molar-refractivity contribution in [1.29, 1.82) is 0 Å². The summed E-state index contributed by atoms with van der Waals surface area (Å²) in [4.78, 5) is 20.5. The van der Waals surface area contributed by atoms with E-state index in [1.165, 1.54) is 14.0 Å². The average Bonchev–Trinajstić information content (AvgIpc) is 1.86. The van der Waals surface area contributed by atoms with E-state index >= 15 is 0 Å². The van der Waals surface area contributed by atoms with Gasteiger partial charge in [-0.1, -0.05) is 0 Å². The second-order valence-corrected chi connectivity index (χ2v) is 2.17. The fraction of sp³-hybridized carbons (Fsp3) is 0.714. The summed E-state index contributed by atoms with van der Waals surface area (Å²) in [5.41, 5.74) is 0. The van der Waals surface area contributed by atoms with Crippen LogP contribution in [0.4, 0.5) is 0 Å². The first-order valence-electron chi connectivity index (χ1n) is 3.16. The zero-order valence-corrected chi connectivity index (χ0v) is 6.29. The number of ketones is 1. The molecule has 3 heteroatoms. The first kappa shape index (κ1) is 9.30. The number of aldehydes is 1. The normalized spacial score (nSPS) is 12.6. The van der Waals surface area contributed by atoms with Crippen molar-refractivity contribution in [3.63, 3.8) is 0 Å². The standard InChI is InChI=1S/C7H12O3/c1-6(9)5-7(10-2)3-4-8/h4,7H,3,5H2,1-2H3/t7-/m0/s1. The molecule has 0 rings (SSSR count). The molecule has 0 spiro atoms. The summed E-state index contributed by atoms with van der Waals surface area (Å²) < 4.78 is 4.85. The lowest BCUT2D eigenvalue weighted by Gasteiger charge is -2.08. The molecule has 10 heavy (non-hydrogen) atoms. The van der Waals surface area contributed by atoms with Gasteiger partial charge < -0.3 is 9.53 Å². The topological polar surface area (TPSA) is 43.4 Å². The van der Waals surface area contributed by atoms with Crippen molar-refractivity contribution in [2.45, 2.75) is 25.9 Å². The van der Waals surface area contributed by atoms with Gasteiger partial charge in [0.1, 0.15) is 12.1 Å². The van der Waals surface area contributed by atoms with Crippen molar-refractivity contribution in [2.24, 2.45) is 0 Å². The van der Waals surface area contributed by atoms with E-state index in [9.17, 15) is 9.59 Å². The van der Waals surface area contributed by atoms with Crippen LogP contribution in [0.5, 0.6) is 0 Å². The molecule has 0 aromatic rings. The van der Waals surface area contributed by atoms with Crippen LogP contribution < -0.4 is 0 Å². The molecule has 58 valence electrons. The monoisotopic (exact) mass is 144 g/mol. The Morgan fingerprint density at radius 2 is 2.30 bits per heavy atom. The minimum atomic E-state index is -0.227. The Hall–Kier alpha value is -0.700. The summed E-state index contributed by atoms with van der Waals surface area (Å²) >= 11 is 0. The van der Waals surface area contributed by atoms with Gasteiger partial charge in [0, 0.05) is 20.0 Å². The quantitative estimate of drug-likeness (QED) is 0.530. The molecule has 0 heterocycles. The maximum atomic E-state index is 10.5. The highest BCUT2D eigenvalue weighted by molar-refractivity contribution is 5.76. The minimum absolute atomic E-state index is 0.0497. The summed E-state index contributed by atoms with van der Waals surface area (Å²) in [6.07, 6.45) is 1.16. The molecule has 0 bridgehead atoms. The predicted octanol–water partition coefficient (Wildman–Crippen LogP) is 0.569. The highest BCUT2D eigenvalue weighted by Crippen LogP contribution is 2.00. The van der Waals surface area contributed by atoms with Gasteiger partial charge in [0.25, 0.3) is 0 Å². The van der Waals surface area contributed by atoms with Crippen molar-refractivity contribution in [1.82, 2.24) is 0 Å². The lowest BCUT2D eigenvalue weighted by Crippen LogP contribution is -2.14. The maximum Gasteiger partial charge on any atom is 0.132 e. The van der Waals surface area contributed by atoms with Crippen LogP contribution in [0.15, 0.2) is 0 Å². The van der Waals surface area contributed by atoms with Crippen LogP contribution >= 0.6 is 0 Å². The van der Waals surface area contributed by atoms with E-state index in [4.69, 9.17) is 4.74 Å². The van der Waals surface area contributed by atoms with Crippen LogP contribution in [0.2, 0.25) is 0 Å². The molecular formula is C7H12O3. The van der Waals surface area contributed by atoms with E-state index in [1.807, 2.05) is 0 Å². The van der Waals surface area contributed by atoms with Gasteiger partial charge in [-0.05, 0) is 6.92 Å². The van der Waals surface area contributed by atoms with Gasteiger partial charge in [-0.25, -0.2) is 0 Å². The van der Waals surface area contributed by atoms with Crippen molar-refractivity contribution in [2.75, 3.05) is 7.11 Å². The van der Waals surface area contributed by atoms with Crippen LogP contribution in [0.1, 0.15) is 19.8 Å². The largest absolute Gasteiger partial charge is 0.381 e. The Kier molecular flexibility index (Phi) is 4.76. The molecule has 0 radical (unpaired) electrons. The summed E-state index contributed by atoms with van der Waals surface area (Å²) in [7, 11) is 1.50. The summed E-state index contributed by atoms with van der Waals surface area (Å²) in [5, 5.41) is 0. The first-order chi connectivity index (χ1) is 4.70. The number of Topliss-reactive ketones (excluding diaryl/α,β-unsaturated/α-hetero) is 1. The van der Waals surface area contributed by atoms with Gasteiger partial charge in [0.15, 0.2) is 0 Å². The first-order valence-corrected chi connectivity index (χ1v) is 3.16. The van der Waals surface area contributed by atoms with Gasteiger partial charge in [0.05, 0.1) is 6.10 Å². The number of methoxy groups -OCH3 is 1. The molecular weight excluding hydrogens is 132 g/mol. The van der Waals surface area contributed by atoms with Crippen LogP contribution in [0, 0.1) is 0 Å². The van der Waals surface area contributed by atoms with E-state index in [0.717, 1.165) is 6.29 Å². The fourth-order valence-corrected chi connectivity index (χ4v) is 0.691. The zero-order chi connectivity index (χ0) is 7.98. The van der Waals surface area contributed by atoms with Crippen LogP contribution in [-0.4, -0.2) is 25.3 Å². The smallest absolute Gasteiger partial charge is 0.132 e. The minimum Gasteiger partial charge on any atom is -0.381 e. The highest BCUT2D eigenvalue weighted by Gasteiger charge is 2.08. The number of carbonyl (C=O) groups excluding carboxylic acids is 2. The van der Waals surface area contributed by atoms with E-state index < -0.39 is 0 Å². The summed E-state index contributed by atoms with van der Waals surface area (Å²) in [6.45, 7) is 1.48. The predicted molar refractivity (Wildman–Crippen MR) is 36.8 cm³/mol. The van der Waals surface area contributed by atoms with E-state index in [0.29, 0.717) is 12.8 Å². The Bertz CT molecular complexity index is 120.